The second-order valence-electron chi connectivity index (χ2n) is 3.44. The number of hydrogen-bond donors (Lipinski definition) is 2. The van der Waals surface area contributed by atoms with Crippen LogP contribution in [0.15, 0.2) is 0 Å². The summed E-state index contributed by atoms with van der Waals surface area (Å²) in [5.41, 5.74) is 0. The van der Waals surface area contributed by atoms with Crippen molar-refractivity contribution >= 4 is 0 Å². The third kappa shape index (κ3) is 3.09. The molecule has 0 aromatic carbocycles. The molecular weight excluding hydrogens is 322 g/mol. The van der Waals surface area contributed by atoms with Crippen LogP contribution in [0.4, 0.5) is 43.9 Å². The van der Waals surface area contributed by atoms with Gasteiger partial charge >= 0.3 is 30.0 Å². The predicted molar refractivity (Wildman–Crippen MR) is 40.0 cm³/mol. The number of rotatable bonds is 6. The topological polar surface area (TPSA) is 49.7 Å². The van der Waals surface area contributed by atoms with Gasteiger partial charge in [0.2, 0.25) is 0 Å². The molecular formula is C7H6F10O3. The fourth-order valence-corrected chi connectivity index (χ4v) is 0.759. The second-order valence-corrected chi connectivity index (χ2v) is 3.44. The molecule has 0 aliphatic carbocycles. The zero-order valence-electron chi connectivity index (χ0n) is 9.00. The van der Waals surface area contributed by atoms with Gasteiger partial charge in [0.1, 0.15) is 13.2 Å². The Bertz CT molecular complexity index is 340. The van der Waals surface area contributed by atoms with E-state index >= 15 is 0 Å². The van der Waals surface area contributed by atoms with Gasteiger partial charge in [0.15, 0.2) is 0 Å². The van der Waals surface area contributed by atoms with Crippen LogP contribution in [0.3, 0.4) is 0 Å². The van der Waals surface area contributed by atoms with Gasteiger partial charge in [0.05, 0.1) is 0 Å². The number of alkyl halides is 10. The van der Waals surface area contributed by atoms with E-state index in [9.17, 15) is 43.9 Å². The highest BCUT2D eigenvalue weighted by Gasteiger charge is 2.76. The Morgan fingerprint density at radius 3 is 1.35 bits per heavy atom. The summed E-state index contributed by atoms with van der Waals surface area (Å²) in [5, 5.41) is 15.8. The van der Waals surface area contributed by atoms with Crippen molar-refractivity contribution in [1.29, 1.82) is 0 Å². The highest BCUT2D eigenvalue weighted by molar-refractivity contribution is 4.93. The molecule has 0 bridgehead atoms. The summed E-state index contributed by atoms with van der Waals surface area (Å²) in [4.78, 5) is 0. The van der Waals surface area contributed by atoms with Crippen LogP contribution >= 0.6 is 0 Å². The molecule has 20 heavy (non-hydrogen) atoms. The molecule has 0 radical (unpaired) electrons. The molecule has 0 aromatic heterocycles. The van der Waals surface area contributed by atoms with Crippen molar-refractivity contribution in [2.24, 2.45) is 0 Å². The van der Waals surface area contributed by atoms with Crippen LogP contribution in [0.25, 0.3) is 0 Å². The van der Waals surface area contributed by atoms with Crippen LogP contribution < -0.4 is 0 Å². The average molecular weight is 328 g/mol. The molecule has 3 nitrogen and oxygen atoms in total. The van der Waals surface area contributed by atoms with Gasteiger partial charge in [0.25, 0.3) is 0 Å². The van der Waals surface area contributed by atoms with E-state index in [1.807, 2.05) is 0 Å². The molecule has 0 amide bonds. The Morgan fingerprint density at radius 1 is 0.700 bits per heavy atom. The van der Waals surface area contributed by atoms with Crippen LogP contribution in [0.1, 0.15) is 0 Å². The number of ether oxygens (including phenoxy) is 1. The highest BCUT2D eigenvalue weighted by atomic mass is 19.4. The standard InChI is InChI=1S/C7H6F10O3/c8-3(9,1-18)5(11,12)7(16,17)20-4(10,2-19)6(13,14)15/h18-19H,1-2H2. The van der Waals surface area contributed by atoms with E-state index in [0.717, 1.165) is 0 Å². The summed E-state index contributed by atoms with van der Waals surface area (Å²) < 4.78 is 126. The zero-order valence-corrected chi connectivity index (χ0v) is 9.00. The summed E-state index contributed by atoms with van der Waals surface area (Å²) in [6, 6.07) is 0. The Morgan fingerprint density at radius 2 is 1.10 bits per heavy atom. The van der Waals surface area contributed by atoms with E-state index in [1.165, 1.54) is 0 Å². The zero-order chi connectivity index (χ0) is 16.6. The van der Waals surface area contributed by atoms with Gasteiger partial charge in [-0.2, -0.15) is 43.9 Å². The summed E-state index contributed by atoms with van der Waals surface area (Å²) in [5.74, 6) is -18.3. The van der Waals surface area contributed by atoms with Crippen molar-refractivity contribution in [3.05, 3.63) is 0 Å². The van der Waals surface area contributed by atoms with Crippen molar-refractivity contribution in [3.63, 3.8) is 0 Å². The lowest BCUT2D eigenvalue weighted by molar-refractivity contribution is -0.475. The summed E-state index contributed by atoms with van der Waals surface area (Å²) in [6.45, 7) is -5.75. The van der Waals surface area contributed by atoms with Crippen molar-refractivity contribution in [2.75, 3.05) is 13.2 Å². The largest absolute Gasteiger partial charge is 0.451 e. The van der Waals surface area contributed by atoms with Gasteiger partial charge in [-0.25, -0.2) is 0 Å². The van der Waals surface area contributed by atoms with Crippen molar-refractivity contribution in [2.45, 2.75) is 30.0 Å². The third-order valence-corrected chi connectivity index (χ3v) is 1.94. The minimum absolute atomic E-state index is 2.08. The van der Waals surface area contributed by atoms with E-state index in [0.29, 0.717) is 0 Å². The maximum atomic E-state index is 12.8. The number of hydrogen-bond acceptors (Lipinski definition) is 3. The van der Waals surface area contributed by atoms with E-state index in [-0.39, 0.29) is 0 Å². The van der Waals surface area contributed by atoms with Gasteiger partial charge in [-0.3, -0.25) is 4.74 Å². The van der Waals surface area contributed by atoms with Crippen molar-refractivity contribution in [3.8, 4) is 0 Å². The average Bonchev–Trinajstić information content (AvgIpc) is 2.26. The first-order chi connectivity index (χ1) is 8.58. The molecule has 13 heteroatoms. The smallest absolute Gasteiger partial charge is 0.390 e. The minimum atomic E-state index is -6.67. The second kappa shape index (κ2) is 5.18. The van der Waals surface area contributed by atoms with Gasteiger partial charge in [-0.05, 0) is 0 Å². The fraction of sp³-hybridized carbons (Fsp3) is 1.00. The molecule has 0 aliphatic rings. The maximum Gasteiger partial charge on any atom is 0.451 e. The maximum absolute atomic E-state index is 12.8. The molecule has 2 N–H and O–H groups in total. The Balaban J connectivity index is 5.56. The van der Waals surface area contributed by atoms with Crippen LogP contribution in [-0.4, -0.2) is 53.4 Å². The lowest BCUT2D eigenvalue weighted by Crippen LogP contribution is -2.62. The number of aliphatic hydroxyl groups is 2. The van der Waals surface area contributed by atoms with Crippen molar-refractivity contribution < 1.29 is 58.9 Å². The molecule has 0 fully saturated rings. The first kappa shape index (κ1) is 19.2. The van der Waals surface area contributed by atoms with Gasteiger partial charge in [0, 0.05) is 0 Å². The molecule has 0 aromatic rings. The van der Waals surface area contributed by atoms with Gasteiger partial charge < -0.3 is 10.2 Å². The molecule has 0 heterocycles. The lowest BCUT2D eigenvalue weighted by atomic mass is 10.1. The molecule has 0 aliphatic heterocycles. The molecule has 0 rings (SSSR count). The van der Waals surface area contributed by atoms with Crippen molar-refractivity contribution in [1.82, 2.24) is 0 Å². The first-order valence-corrected chi connectivity index (χ1v) is 4.39. The van der Waals surface area contributed by atoms with E-state index in [2.05, 4.69) is 4.74 Å². The summed E-state index contributed by atoms with van der Waals surface area (Å²) >= 11 is 0. The fourth-order valence-electron chi connectivity index (χ4n) is 0.759. The Labute approximate surface area is 103 Å². The van der Waals surface area contributed by atoms with E-state index in [1.54, 1.807) is 0 Å². The molecule has 122 valence electrons. The van der Waals surface area contributed by atoms with Crippen LogP contribution in [0, 0.1) is 0 Å². The van der Waals surface area contributed by atoms with Crippen LogP contribution in [0.2, 0.25) is 0 Å². The molecule has 0 saturated heterocycles. The lowest BCUT2D eigenvalue weighted by Gasteiger charge is -2.35. The third-order valence-electron chi connectivity index (χ3n) is 1.94. The number of aliphatic hydroxyl groups excluding tert-OH is 2. The quantitative estimate of drug-likeness (QED) is 0.734. The number of halogens is 10. The monoisotopic (exact) mass is 328 g/mol. The normalized spacial score (nSPS) is 18.0. The van der Waals surface area contributed by atoms with Gasteiger partial charge in [-0.1, -0.05) is 0 Å². The van der Waals surface area contributed by atoms with Gasteiger partial charge in [-0.15, -0.1) is 0 Å². The molecule has 1 atom stereocenters. The summed E-state index contributed by atoms with van der Waals surface area (Å²) in [6.07, 6.45) is -13.1. The molecule has 0 saturated carbocycles. The molecule has 1 unspecified atom stereocenters. The van der Waals surface area contributed by atoms with Crippen LogP contribution in [-0.2, 0) is 4.74 Å². The SMILES string of the molecule is OCC(F)(F)C(F)(F)C(F)(F)OC(F)(CO)C(F)(F)F. The van der Waals surface area contributed by atoms with Crippen LogP contribution in [0.5, 0.6) is 0 Å². The summed E-state index contributed by atoms with van der Waals surface area (Å²) in [7, 11) is 0. The minimum Gasteiger partial charge on any atom is -0.390 e. The first-order valence-electron chi connectivity index (χ1n) is 4.39. The Hall–Kier alpha value is -0.820. The van der Waals surface area contributed by atoms with E-state index < -0.39 is 43.2 Å². The van der Waals surface area contributed by atoms with E-state index in [4.69, 9.17) is 10.2 Å². The molecule has 0 spiro atoms. The highest BCUT2D eigenvalue weighted by Crippen LogP contribution is 2.50. The predicted octanol–water partition coefficient (Wildman–Crippen LogP) is 2.08. The Kier molecular flexibility index (Phi) is 4.97.